The van der Waals surface area contributed by atoms with E-state index < -0.39 is 17.7 Å². The molecule has 7 heteroatoms. The number of rotatable bonds is 9. The van der Waals surface area contributed by atoms with E-state index in [-0.39, 0.29) is 6.42 Å². The third-order valence-corrected chi connectivity index (χ3v) is 6.69. The van der Waals surface area contributed by atoms with Gasteiger partial charge in [0.05, 0.1) is 17.8 Å². The number of aliphatic carboxylic acids is 1. The number of fused-ring (bicyclic) bond motifs is 2. The van der Waals surface area contributed by atoms with E-state index in [9.17, 15) is 14.7 Å². The minimum Gasteiger partial charge on any atom is -0.481 e. The van der Waals surface area contributed by atoms with Crippen molar-refractivity contribution in [2.75, 3.05) is 11.4 Å². The largest absolute Gasteiger partial charge is 0.481 e. The smallest absolute Gasteiger partial charge is 0.407 e. The quantitative estimate of drug-likeness (QED) is 0.406. The van der Waals surface area contributed by atoms with Gasteiger partial charge in [0.2, 0.25) is 0 Å². The van der Waals surface area contributed by atoms with Crippen LogP contribution in [0.15, 0.2) is 46.2 Å². The zero-order valence-electron chi connectivity index (χ0n) is 19.9. The van der Waals surface area contributed by atoms with Crippen molar-refractivity contribution in [2.24, 2.45) is 0 Å². The molecule has 1 amide bonds. The zero-order chi connectivity index (χ0) is 24.0. The van der Waals surface area contributed by atoms with E-state index in [2.05, 4.69) is 29.3 Å². The average molecular weight is 471 g/mol. The first-order valence-electron chi connectivity index (χ1n) is 11.6. The molecule has 0 saturated carbocycles. The molecule has 2 aromatic rings. The number of benzene rings is 2. The molecule has 0 radical (unpaired) electrons. The van der Waals surface area contributed by atoms with Crippen molar-refractivity contribution in [3.05, 3.63) is 47.5 Å². The van der Waals surface area contributed by atoms with Gasteiger partial charge in [-0.1, -0.05) is 62.2 Å². The van der Waals surface area contributed by atoms with E-state index in [0.717, 1.165) is 51.7 Å². The Bertz CT molecular complexity index is 1000. The Labute approximate surface area is 200 Å². The number of unbranched alkanes of at least 4 members (excludes halogenated alkanes) is 3. The fourth-order valence-corrected chi connectivity index (χ4v) is 5.21. The third-order valence-electron chi connectivity index (χ3n) is 5.34. The number of nitrogens with one attached hydrogen (secondary N) is 1. The maximum absolute atomic E-state index is 12.2. The average Bonchev–Trinajstić information content (AvgIpc) is 2.73. The van der Waals surface area contributed by atoms with Gasteiger partial charge in [0.25, 0.3) is 0 Å². The van der Waals surface area contributed by atoms with Gasteiger partial charge in [-0.25, -0.2) is 4.79 Å². The van der Waals surface area contributed by atoms with Gasteiger partial charge in [-0.15, -0.1) is 0 Å². The van der Waals surface area contributed by atoms with E-state index in [4.69, 9.17) is 4.74 Å². The minimum atomic E-state index is -0.843. The lowest BCUT2D eigenvalue weighted by molar-refractivity contribution is -0.136. The third kappa shape index (κ3) is 6.67. The Balaban J connectivity index is 1.93. The van der Waals surface area contributed by atoms with Gasteiger partial charge >= 0.3 is 12.1 Å². The van der Waals surface area contributed by atoms with Gasteiger partial charge in [0, 0.05) is 22.9 Å². The molecule has 0 aliphatic carbocycles. The predicted octanol–water partition coefficient (Wildman–Crippen LogP) is 6.52. The van der Waals surface area contributed by atoms with E-state index in [1.807, 2.05) is 45.0 Å². The summed E-state index contributed by atoms with van der Waals surface area (Å²) in [5, 5.41) is 12.3. The number of hydrogen-bond acceptors (Lipinski definition) is 5. The van der Waals surface area contributed by atoms with Crippen molar-refractivity contribution in [1.29, 1.82) is 0 Å². The summed E-state index contributed by atoms with van der Waals surface area (Å²) >= 11 is 1.59. The van der Waals surface area contributed by atoms with E-state index in [0.29, 0.717) is 6.54 Å². The van der Waals surface area contributed by atoms with Crippen LogP contribution in [0.2, 0.25) is 0 Å². The van der Waals surface area contributed by atoms with Crippen molar-refractivity contribution in [1.82, 2.24) is 5.32 Å². The Hall–Kier alpha value is -2.67. The lowest BCUT2D eigenvalue weighted by Crippen LogP contribution is -2.32. The first-order valence-corrected chi connectivity index (χ1v) is 12.4. The number of carboxylic acids is 1. The summed E-state index contributed by atoms with van der Waals surface area (Å²) in [5.74, 6) is -0.843. The highest BCUT2D eigenvalue weighted by Gasteiger charge is 2.27. The molecule has 2 aromatic carbocycles. The van der Waals surface area contributed by atoms with E-state index in [1.54, 1.807) is 11.8 Å². The molecule has 178 valence electrons. The fourth-order valence-electron chi connectivity index (χ4n) is 3.90. The Morgan fingerprint density at radius 2 is 1.64 bits per heavy atom. The number of nitrogens with zero attached hydrogens (tertiary/aromatic N) is 1. The fraction of sp³-hybridized carbons (Fsp3) is 0.462. The van der Waals surface area contributed by atoms with Crippen LogP contribution in [0.25, 0.3) is 0 Å². The number of carbonyl (C=O) groups excluding carboxylic acids is 1. The summed E-state index contributed by atoms with van der Waals surface area (Å²) in [5.41, 5.74) is 3.39. The van der Waals surface area contributed by atoms with Gasteiger partial charge in [0.1, 0.15) is 5.60 Å². The Kier molecular flexibility index (Phi) is 8.30. The number of amides is 1. The molecule has 3 rings (SSSR count). The number of carbonyl (C=O) groups is 2. The molecule has 0 fully saturated rings. The summed E-state index contributed by atoms with van der Waals surface area (Å²) in [6.45, 7) is 8.91. The van der Waals surface area contributed by atoms with Crippen LogP contribution in [0.3, 0.4) is 0 Å². The molecule has 33 heavy (non-hydrogen) atoms. The lowest BCUT2D eigenvalue weighted by Gasteiger charge is -2.35. The second-order valence-electron chi connectivity index (χ2n) is 9.27. The molecule has 0 unspecified atom stereocenters. The minimum absolute atomic E-state index is 0.0203. The van der Waals surface area contributed by atoms with E-state index >= 15 is 0 Å². The van der Waals surface area contributed by atoms with Crippen molar-refractivity contribution in [2.45, 2.75) is 81.7 Å². The molecular weight excluding hydrogens is 436 g/mol. The molecule has 0 aromatic heterocycles. The second-order valence-corrected chi connectivity index (χ2v) is 10.3. The SMILES string of the molecule is CCCCCCN1c2cccc(CNC(=O)OC(C)(C)C)c2Sc2c(CC(=O)O)cccc21. The topological polar surface area (TPSA) is 78.9 Å². The molecule has 1 aliphatic heterocycles. The second kappa shape index (κ2) is 11.0. The Morgan fingerprint density at radius 1 is 1.00 bits per heavy atom. The van der Waals surface area contributed by atoms with Gasteiger partial charge in [-0.05, 0) is 50.5 Å². The summed E-state index contributed by atoms with van der Waals surface area (Å²) in [6, 6.07) is 12.0. The summed E-state index contributed by atoms with van der Waals surface area (Å²) < 4.78 is 5.39. The van der Waals surface area contributed by atoms with Gasteiger partial charge in [0.15, 0.2) is 0 Å². The Morgan fingerprint density at radius 3 is 2.24 bits per heavy atom. The number of anilines is 2. The zero-order valence-corrected chi connectivity index (χ0v) is 20.8. The van der Waals surface area contributed by atoms with Crippen LogP contribution in [-0.4, -0.2) is 29.3 Å². The standard InChI is InChI=1S/C26H34N2O4S/c1-5-6-7-8-15-28-20-13-9-11-18(16-22(29)30)23(20)33-24-19(12-10-14-21(24)28)17-27-25(31)32-26(2,3)4/h9-14H,5-8,15-17H2,1-4H3,(H,27,31)(H,29,30). The highest BCUT2D eigenvalue weighted by Crippen LogP contribution is 2.51. The van der Waals surface area contributed by atoms with Crippen molar-refractivity contribution < 1.29 is 19.4 Å². The highest BCUT2D eigenvalue weighted by molar-refractivity contribution is 7.99. The van der Waals surface area contributed by atoms with Crippen LogP contribution in [0, 0.1) is 0 Å². The molecule has 0 saturated heterocycles. The summed E-state index contributed by atoms with van der Waals surface area (Å²) in [6.07, 6.45) is 4.10. The predicted molar refractivity (Wildman–Crippen MR) is 133 cm³/mol. The molecule has 0 bridgehead atoms. The maximum Gasteiger partial charge on any atom is 0.407 e. The molecule has 1 heterocycles. The van der Waals surface area contributed by atoms with Gasteiger partial charge in [-0.2, -0.15) is 0 Å². The number of ether oxygens (including phenoxy) is 1. The molecule has 2 N–H and O–H groups in total. The van der Waals surface area contributed by atoms with Crippen molar-refractivity contribution in [3.8, 4) is 0 Å². The first-order chi connectivity index (χ1) is 15.7. The van der Waals surface area contributed by atoms with Crippen LogP contribution < -0.4 is 10.2 Å². The number of hydrogen-bond donors (Lipinski definition) is 2. The highest BCUT2D eigenvalue weighted by atomic mass is 32.2. The summed E-state index contributed by atoms with van der Waals surface area (Å²) in [4.78, 5) is 28.1. The molecule has 0 spiro atoms. The van der Waals surface area contributed by atoms with Crippen LogP contribution in [0.5, 0.6) is 0 Å². The molecule has 0 atom stereocenters. The van der Waals surface area contributed by atoms with Crippen LogP contribution in [0.4, 0.5) is 16.2 Å². The first kappa shape index (κ1) is 25.0. The maximum atomic E-state index is 12.2. The number of alkyl carbamates (subject to hydrolysis) is 1. The monoisotopic (exact) mass is 470 g/mol. The summed E-state index contributed by atoms with van der Waals surface area (Å²) in [7, 11) is 0. The number of carboxylic acid groups (broad SMARTS) is 1. The van der Waals surface area contributed by atoms with Gasteiger partial charge in [-0.3, -0.25) is 4.79 Å². The molecule has 1 aliphatic rings. The van der Waals surface area contributed by atoms with Gasteiger partial charge < -0.3 is 20.1 Å². The molecule has 6 nitrogen and oxygen atoms in total. The van der Waals surface area contributed by atoms with Crippen LogP contribution in [0.1, 0.15) is 64.5 Å². The normalized spacial score (nSPS) is 12.7. The van der Waals surface area contributed by atoms with Crippen LogP contribution >= 0.6 is 11.8 Å². The van der Waals surface area contributed by atoms with E-state index in [1.165, 1.54) is 12.8 Å². The van der Waals surface area contributed by atoms with Crippen LogP contribution in [-0.2, 0) is 22.5 Å². The van der Waals surface area contributed by atoms with Crippen molar-refractivity contribution in [3.63, 3.8) is 0 Å². The lowest BCUT2D eigenvalue weighted by atomic mass is 10.1. The molecular formula is C26H34N2O4S. The van der Waals surface area contributed by atoms with Crippen molar-refractivity contribution >= 4 is 35.2 Å².